The van der Waals surface area contributed by atoms with Gasteiger partial charge in [0, 0.05) is 31.4 Å². The lowest BCUT2D eigenvalue weighted by atomic mass is 10.0. The molecular formula is C18H22N6O. The lowest BCUT2D eigenvalue weighted by Gasteiger charge is -2.23. The molecule has 1 atom stereocenters. The summed E-state index contributed by atoms with van der Waals surface area (Å²) in [5.74, 6) is 0. The number of likely N-dealkylation sites (tertiary alicyclic amines) is 1. The second kappa shape index (κ2) is 6.42. The van der Waals surface area contributed by atoms with Crippen molar-refractivity contribution in [3.05, 3.63) is 54.0 Å². The lowest BCUT2D eigenvalue weighted by Crippen LogP contribution is -2.37. The van der Waals surface area contributed by atoms with Crippen molar-refractivity contribution in [2.45, 2.75) is 32.0 Å². The van der Waals surface area contributed by atoms with Crippen molar-refractivity contribution >= 4 is 0 Å². The predicted octanol–water partition coefficient (Wildman–Crippen LogP) is 1.61. The topological polar surface area (TPSA) is 82.9 Å². The van der Waals surface area contributed by atoms with Crippen molar-refractivity contribution in [2.24, 2.45) is 0 Å². The molecule has 130 valence electrons. The van der Waals surface area contributed by atoms with E-state index in [1.807, 2.05) is 6.20 Å². The van der Waals surface area contributed by atoms with Crippen LogP contribution in [0.15, 0.2) is 42.9 Å². The summed E-state index contributed by atoms with van der Waals surface area (Å²) < 4.78 is 1.69. The van der Waals surface area contributed by atoms with E-state index in [-0.39, 0.29) is 0 Å². The monoisotopic (exact) mass is 338 g/mol. The van der Waals surface area contributed by atoms with Crippen LogP contribution in [0.5, 0.6) is 0 Å². The Labute approximate surface area is 146 Å². The highest BCUT2D eigenvalue weighted by molar-refractivity contribution is 5.62. The number of nitrogens with zero attached hydrogens (tertiary/aromatic N) is 5. The Balaban J connectivity index is 1.45. The third-order valence-electron chi connectivity index (χ3n) is 4.79. The van der Waals surface area contributed by atoms with Crippen LogP contribution in [0.3, 0.4) is 0 Å². The fourth-order valence-electron chi connectivity index (χ4n) is 3.47. The number of hydrogen-bond acceptors (Lipinski definition) is 5. The fourth-order valence-corrected chi connectivity index (χ4v) is 3.47. The Morgan fingerprint density at radius 3 is 2.88 bits per heavy atom. The highest BCUT2D eigenvalue weighted by Gasteiger charge is 2.36. The van der Waals surface area contributed by atoms with E-state index in [4.69, 9.17) is 0 Å². The van der Waals surface area contributed by atoms with E-state index in [0.29, 0.717) is 13.1 Å². The standard InChI is InChI=1S/C18H22N6O/c1-14-2-4-15(5-3-14)17-16(10-20-21-17)11-23-8-6-18(25,12-23)13-24-9-7-19-22-24/h2-5,7,9-10,25H,6,8,11-13H2,1H3,(H,20,21). The maximum Gasteiger partial charge on any atom is 0.0981 e. The van der Waals surface area contributed by atoms with Gasteiger partial charge in [-0.15, -0.1) is 5.10 Å². The normalized spacial score (nSPS) is 21.0. The molecule has 7 heteroatoms. The van der Waals surface area contributed by atoms with Crippen LogP contribution in [0.25, 0.3) is 11.3 Å². The molecule has 1 aromatic carbocycles. The predicted molar refractivity (Wildman–Crippen MR) is 93.6 cm³/mol. The zero-order valence-corrected chi connectivity index (χ0v) is 14.3. The Bertz CT molecular complexity index is 826. The summed E-state index contributed by atoms with van der Waals surface area (Å²) in [6, 6.07) is 8.42. The molecule has 1 aliphatic rings. The number of hydrogen-bond donors (Lipinski definition) is 2. The summed E-state index contributed by atoms with van der Waals surface area (Å²) in [5, 5.41) is 25.9. The van der Waals surface area contributed by atoms with E-state index >= 15 is 0 Å². The zero-order valence-electron chi connectivity index (χ0n) is 14.3. The number of aryl methyl sites for hydroxylation is 1. The smallest absolute Gasteiger partial charge is 0.0981 e. The van der Waals surface area contributed by atoms with E-state index in [1.54, 1.807) is 17.1 Å². The summed E-state index contributed by atoms with van der Waals surface area (Å²) in [5.41, 5.74) is 3.81. The van der Waals surface area contributed by atoms with Gasteiger partial charge < -0.3 is 5.11 Å². The highest BCUT2D eigenvalue weighted by Crippen LogP contribution is 2.27. The summed E-state index contributed by atoms with van der Waals surface area (Å²) in [6.07, 6.45) is 6.02. The Hall–Kier alpha value is -2.51. The Morgan fingerprint density at radius 2 is 2.12 bits per heavy atom. The summed E-state index contributed by atoms with van der Waals surface area (Å²) >= 11 is 0. The van der Waals surface area contributed by atoms with Crippen molar-refractivity contribution in [2.75, 3.05) is 13.1 Å². The van der Waals surface area contributed by atoms with Gasteiger partial charge in [-0.25, -0.2) is 4.68 Å². The number of β-amino-alcohol motifs (C(OH)–C–C–N with tert-alkyl or cyclic N) is 1. The molecule has 0 spiro atoms. The van der Waals surface area contributed by atoms with Crippen LogP contribution in [0.2, 0.25) is 0 Å². The molecule has 2 N–H and O–H groups in total. The molecule has 1 aliphatic heterocycles. The van der Waals surface area contributed by atoms with Crippen molar-refractivity contribution < 1.29 is 5.11 Å². The number of H-pyrrole nitrogens is 1. The van der Waals surface area contributed by atoms with Gasteiger partial charge in [0.25, 0.3) is 0 Å². The molecule has 2 aromatic heterocycles. The van der Waals surface area contributed by atoms with Crippen molar-refractivity contribution in [3.8, 4) is 11.3 Å². The molecule has 0 bridgehead atoms. The summed E-state index contributed by atoms with van der Waals surface area (Å²) in [6.45, 7) is 4.78. The van der Waals surface area contributed by atoms with Gasteiger partial charge in [-0.2, -0.15) is 5.10 Å². The van der Waals surface area contributed by atoms with Crippen LogP contribution in [-0.2, 0) is 13.1 Å². The van der Waals surface area contributed by atoms with Crippen LogP contribution >= 0.6 is 0 Å². The third-order valence-corrected chi connectivity index (χ3v) is 4.79. The summed E-state index contributed by atoms with van der Waals surface area (Å²) in [7, 11) is 0. The molecule has 4 rings (SSSR count). The van der Waals surface area contributed by atoms with Crippen LogP contribution in [0.1, 0.15) is 17.5 Å². The average Bonchev–Trinajstić information content (AvgIpc) is 3.32. The molecule has 3 heterocycles. The van der Waals surface area contributed by atoms with Gasteiger partial charge in [0.1, 0.15) is 0 Å². The molecule has 1 unspecified atom stereocenters. The number of aliphatic hydroxyl groups is 1. The fraction of sp³-hybridized carbons (Fsp3) is 0.389. The van der Waals surface area contributed by atoms with Gasteiger partial charge in [0.15, 0.2) is 0 Å². The molecule has 25 heavy (non-hydrogen) atoms. The highest BCUT2D eigenvalue weighted by atomic mass is 16.3. The lowest BCUT2D eigenvalue weighted by molar-refractivity contribution is 0.0274. The molecule has 7 nitrogen and oxygen atoms in total. The Morgan fingerprint density at radius 1 is 1.28 bits per heavy atom. The number of rotatable bonds is 5. The minimum absolute atomic E-state index is 0.472. The molecule has 0 aliphatic carbocycles. The number of benzene rings is 1. The molecule has 0 saturated carbocycles. The largest absolute Gasteiger partial charge is 0.387 e. The minimum Gasteiger partial charge on any atom is -0.387 e. The molecular weight excluding hydrogens is 316 g/mol. The number of nitrogens with one attached hydrogen (secondary N) is 1. The average molecular weight is 338 g/mol. The molecule has 3 aromatic rings. The number of aromatic nitrogens is 5. The van der Waals surface area contributed by atoms with Crippen molar-refractivity contribution in [1.82, 2.24) is 30.1 Å². The first kappa shape index (κ1) is 16.0. The molecule has 0 radical (unpaired) electrons. The van der Waals surface area contributed by atoms with Gasteiger partial charge in [-0.3, -0.25) is 10.00 Å². The summed E-state index contributed by atoms with van der Waals surface area (Å²) in [4.78, 5) is 2.26. The first-order valence-electron chi connectivity index (χ1n) is 8.49. The first-order valence-corrected chi connectivity index (χ1v) is 8.49. The van der Waals surface area contributed by atoms with Gasteiger partial charge in [0.2, 0.25) is 0 Å². The van der Waals surface area contributed by atoms with E-state index in [2.05, 4.69) is 56.6 Å². The zero-order chi connectivity index (χ0) is 17.3. The quantitative estimate of drug-likeness (QED) is 0.738. The second-order valence-electron chi connectivity index (χ2n) is 6.92. The van der Waals surface area contributed by atoms with Gasteiger partial charge in [-0.05, 0) is 18.9 Å². The van der Waals surface area contributed by atoms with Crippen LogP contribution in [-0.4, -0.2) is 53.9 Å². The minimum atomic E-state index is -0.762. The Kier molecular flexibility index (Phi) is 4.10. The van der Waals surface area contributed by atoms with Crippen LogP contribution in [0, 0.1) is 6.92 Å². The van der Waals surface area contributed by atoms with Crippen molar-refractivity contribution in [1.29, 1.82) is 0 Å². The first-order chi connectivity index (χ1) is 12.1. The van der Waals surface area contributed by atoms with E-state index in [9.17, 15) is 5.11 Å². The van der Waals surface area contributed by atoms with Crippen LogP contribution in [0.4, 0.5) is 0 Å². The third kappa shape index (κ3) is 3.47. The van der Waals surface area contributed by atoms with E-state index in [0.717, 1.165) is 36.3 Å². The van der Waals surface area contributed by atoms with Crippen molar-refractivity contribution in [3.63, 3.8) is 0 Å². The number of aromatic amines is 1. The van der Waals surface area contributed by atoms with E-state index in [1.165, 1.54) is 5.56 Å². The van der Waals surface area contributed by atoms with Crippen LogP contribution < -0.4 is 0 Å². The molecule has 1 fully saturated rings. The molecule has 0 amide bonds. The molecule has 1 saturated heterocycles. The van der Waals surface area contributed by atoms with Gasteiger partial charge >= 0.3 is 0 Å². The van der Waals surface area contributed by atoms with E-state index < -0.39 is 5.60 Å². The van der Waals surface area contributed by atoms with Gasteiger partial charge in [-0.1, -0.05) is 35.0 Å². The van der Waals surface area contributed by atoms with Gasteiger partial charge in [0.05, 0.1) is 30.2 Å². The maximum absolute atomic E-state index is 10.8. The SMILES string of the molecule is Cc1ccc(-c2[nH]ncc2CN2CCC(O)(Cn3ccnn3)C2)cc1. The second-order valence-corrected chi connectivity index (χ2v) is 6.92. The maximum atomic E-state index is 10.8.